The summed E-state index contributed by atoms with van der Waals surface area (Å²) < 4.78 is 0.314. The van der Waals surface area contributed by atoms with Gasteiger partial charge in [0, 0.05) is 16.8 Å². The second-order valence-corrected chi connectivity index (χ2v) is 7.91. The highest BCUT2D eigenvalue weighted by atomic mass is 32.2. The Labute approximate surface area is 116 Å². The van der Waals surface area contributed by atoms with Crippen molar-refractivity contribution in [2.75, 3.05) is 12.3 Å². The summed E-state index contributed by atoms with van der Waals surface area (Å²) in [5.74, 6) is 1.36. The third kappa shape index (κ3) is 4.81. The largest absolute Gasteiger partial charge is 0.350 e. The first-order valence-electron chi connectivity index (χ1n) is 6.97. The van der Waals surface area contributed by atoms with Crippen LogP contribution in [0.1, 0.15) is 53.9 Å². The minimum absolute atomic E-state index is 0.105. The molecule has 4 heteroatoms. The fourth-order valence-corrected chi connectivity index (χ4v) is 3.22. The SMILES string of the molecule is CCC(C)(C)NC(=O)C(C)NCC1(C)CCCS1. The first-order valence-corrected chi connectivity index (χ1v) is 7.96. The van der Waals surface area contributed by atoms with E-state index in [0.717, 1.165) is 13.0 Å². The lowest BCUT2D eigenvalue weighted by Crippen LogP contribution is -2.52. The molecule has 1 fully saturated rings. The average Bonchev–Trinajstić information content (AvgIpc) is 2.73. The number of carbonyl (C=O) groups is 1. The van der Waals surface area contributed by atoms with Crippen LogP contribution in [0.5, 0.6) is 0 Å². The number of rotatable bonds is 6. The van der Waals surface area contributed by atoms with E-state index in [-0.39, 0.29) is 17.5 Å². The first kappa shape index (κ1) is 15.8. The van der Waals surface area contributed by atoms with Gasteiger partial charge >= 0.3 is 0 Å². The van der Waals surface area contributed by atoms with Gasteiger partial charge in [-0.05, 0) is 52.7 Å². The van der Waals surface area contributed by atoms with Gasteiger partial charge in [0.25, 0.3) is 0 Å². The Kier molecular flexibility index (Phi) is 5.53. The molecule has 1 heterocycles. The van der Waals surface area contributed by atoms with Gasteiger partial charge in [-0.25, -0.2) is 0 Å². The van der Waals surface area contributed by atoms with Gasteiger partial charge in [-0.2, -0.15) is 11.8 Å². The quantitative estimate of drug-likeness (QED) is 0.781. The molecule has 0 aromatic carbocycles. The summed E-state index contributed by atoms with van der Waals surface area (Å²) in [6, 6.07) is -0.117. The van der Waals surface area contributed by atoms with Gasteiger partial charge in [-0.3, -0.25) is 4.79 Å². The van der Waals surface area contributed by atoms with Crippen LogP contribution >= 0.6 is 11.8 Å². The lowest BCUT2D eigenvalue weighted by Gasteiger charge is -2.29. The molecular weight excluding hydrogens is 244 g/mol. The topological polar surface area (TPSA) is 41.1 Å². The van der Waals surface area contributed by atoms with Crippen LogP contribution in [-0.4, -0.2) is 34.5 Å². The average molecular weight is 272 g/mol. The highest BCUT2D eigenvalue weighted by Gasteiger charge is 2.30. The molecule has 0 aromatic rings. The van der Waals surface area contributed by atoms with Crippen molar-refractivity contribution < 1.29 is 4.79 Å². The van der Waals surface area contributed by atoms with Crippen molar-refractivity contribution in [1.29, 1.82) is 0 Å². The molecule has 0 bridgehead atoms. The van der Waals surface area contributed by atoms with Gasteiger partial charge in [0.1, 0.15) is 0 Å². The number of amides is 1. The van der Waals surface area contributed by atoms with E-state index < -0.39 is 0 Å². The maximum absolute atomic E-state index is 12.0. The predicted molar refractivity (Wildman–Crippen MR) is 80.1 cm³/mol. The summed E-state index contributed by atoms with van der Waals surface area (Å²) in [5.41, 5.74) is -0.112. The maximum Gasteiger partial charge on any atom is 0.237 e. The van der Waals surface area contributed by atoms with Crippen molar-refractivity contribution in [3.8, 4) is 0 Å². The lowest BCUT2D eigenvalue weighted by molar-refractivity contribution is -0.124. The van der Waals surface area contributed by atoms with Gasteiger partial charge in [0.05, 0.1) is 6.04 Å². The summed E-state index contributed by atoms with van der Waals surface area (Å²) >= 11 is 2.02. The van der Waals surface area contributed by atoms with Crippen LogP contribution in [0.25, 0.3) is 0 Å². The van der Waals surface area contributed by atoms with Crippen molar-refractivity contribution in [3.05, 3.63) is 0 Å². The molecule has 18 heavy (non-hydrogen) atoms. The van der Waals surface area contributed by atoms with E-state index in [4.69, 9.17) is 0 Å². The van der Waals surface area contributed by atoms with Crippen molar-refractivity contribution in [1.82, 2.24) is 10.6 Å². The fraction of sp³-hybridized carbons (Fsp3) is 0.929. The van der Waals surface area contributed by atoms with Crippen LogP contribution in [0.2, 0.25) is 0 Å². The van der Waals surface area contributed by atoms with Crippen molar-refractivity contribution in [3.63, 3.8) is 0 Å². The van der Waals surface area contributed by atoms with Gasteiger partial charge < -0.3 is 10.6 Å². The van der Waals surface area contributed by atoms with E-state index in [1.54, 1.807) is 0 Å². The number of hydrogen-bond donors (Lipinski definition) is 2. The molecule has 1 rings (SSSR count). The lowest BCUT2D eigenvalue weighted by atomic mass is 10.0. The molecule has 1 aliphatic rings. The number of nitrogens with one attached hydrogen (secondary N) is 2. The summed E-state index contributed by atoms with van der Waals surface area (Å²) in [6.45, 7) is 11.4. The van der Waals surface area contributed by atoms with E-state index >= 15 is 0 Å². The molecule has 106 valence electrons. The molecule has 1 saturated heterocycles. The summed E-state index contributed by atoms with van der Waals surface area (Å²) in [7, 11) is 0. The number of hydrogen-bond acceptors (Lipinski definition) is 3. The van der Waals surface area contributed by atoms with Crippen LogP contribution in [0.3, 0.4) is 0 Å². The van der Waals surface area contributed by atoms with E-state index in [0.29, 0.717) is 4.75 Å². The molecule has 0 saturated carbocycles. The Morgan fingerprint density at radius 1 is 1.50 bits per heavy atom. The Morgan fingerprint density at radius 3 is 2.67 bits per heavy atom. The summed E-state index contributed by atoms with van der Waals surface area (Å²) in [6.07, 6.45) is 3.49. The van der Waals surface area contributed by atoms with Crippen molar-refractivity contribution in [2.24, 2.45) is 0 Å². The fourth-order valence-electron chi connectivity index (χ4n) is 1.97. The Morgan fingerprint density at radius 2 is 2.17 bits per heavy atom. The van der Waals surface area contributed by atoms with Crippen LogP contribution < -0.4 is 10.6 Å². The second kappa shape index (κ2) is 6.29. The molecule has 2 N–H and O–H groups in total. The molecule has 2 atom stereocenters. The standard InChI is InChI=1S/C14H28N2OS/c1-6-13(3,4)16-12(17)11(2)15-10-14(5)8-7-9-18-14/h11,15H,6-10H2,1-5H3,(H,16,17). The Hall–Kier alpha value is -0.220. The molecular formula is C14H28N2OS. The van der Waals surface area contributed by atoms with Gasteiger partial charge in [-0.1, -0.05) is 6.92 Å². The first-order chi connectivity index (χ1) is 8.28. The van der Waals surface area contributed by atoms with E-state index in [1.807, 2.05) is 18.7 Å². The molecule has 1 aliphatic heterocycles. The minimum Gasteiger partial charge on any atom is -0.350 e. The monoisotopic (exact) mass is 272 g/mol. The molecule has 0 aliphatic carbocycles. The van der Waals surface area contributed by atoms with Crippen molar-refractivity contribution in [2.45, 2.75) is 70.2 Å². The van der Waals surface area contributed by atoms with Crippen molar-refractivity contribution >= 4 is 17.7 Å². The zero-order valence-electron chi connectivity index (χ0n) is 12.4. The van der Waals surface area contributed by atoms with Gasteiger partial charge in [-0.15, -0.1) is 0 Å². The van der Waals surface area contributed by atoms with E-state index in [1.165, 1.54) is 18.6 Å². The van der Waals surface area contributed by atoms with Crippen LogP contribution in [0.15, 0.2) is 0 Å². The maximum atomic E-state index is 12.0. The Bertz CT molecular complexity index is 286. The molecule has 0 radical (unpaired) electrons. The molecule has 0 aromatic heterocycles. The Balaban J connectivity index is 2.36. The van der Waals surface area contributed by atoms with Crippen LogP contribution in [0.4, 0.5) is 0 Å². The molecule has 1 amide bonds. The normalized spacial score (nSPS) is 26.1. The molecule has 3 nitrogen and oxygen atoms in total. The second-order valence-electron chi connectivity index (χ2n) is 6.23. The van der Waals surface area contributed by atoms with E-state index in [9.17, 15) is 4.79 Å². The predicted octanol–water partition coefficient (Wildman–Crippen LogP) is 2.56. The molecule has 2 unspecified atom stereocenters. The van der Waals surface area contributed by atoms with Crippen LogP contribution in [-0.2, 0) is 4.79 Å². The zero-order chi connectivity index (χ0) is 13.8. The molecule has 0 spiro atoms. The highest BCUT2D eigenvalue weighted by molar-refractivity contribution is 8.00. The number of thioether (sulfide) groups is 1. The third-order valence-electron chi connectivity index (χ3n) is 3.82. The summed E-state index contributed by atoms with van der Waals surface area (Å²) in [4.78, 5) is 12.0. The summed E-state index contributed by atoms with van der Waals surface area (Å²) in [5, 5.41) is 6.46. The minimum atomic E-state index is -0.117. The zero-order valence-corrected chi connectivity index (χ0v) is 13.2. The van der Waals surface area contributed by atoms with Gasteiger partial charge in [0.15, 0.2) is 0 Å². The van der Waals surface area contributed by atoms with Crippen LogP contribution in [0, 0.1) is 0 Å². The highest BCUT2D eigenvalue weighted by Crippen LogP contribution is 2.36. The third-order valence-corrected chi connectivity index (χ3v) is 5.36. The van der Waals surface area contributed by atoms with E-state index in [2.05, 4.69) is 38.3 Å². The smallest absolute Gasteiger partial charge is 0.237 e. The van der Waals surface area contributed by atoms with Gasteiger partial charge in [0.2, 0.25) is 5.91 Å². The number of carbonyl (C=O) groups excluding carboxylic acids is 1.